The first-order valence-corrected chi connectivity index (χ1v) is 7.46. The van der Waals surface area contributed by atoms with Crippen molar-refractivity contribution in [2.24, 2.45) is 0 Å². The van der Waals surface area contributed by atoms with Crippen LogP contribution in [0.2, 0.25) is 0 Å². The van der Waals surface area contributed by atoms with E-state index in [1.54, 1.807) is 0 Å². The van der Waals surface area contributed by atoms with E-state index < -0.39 is 5.54 Å². The second kappa shape index (κ2) is 6.28. The first-order valence-electron chi connectivity index (χ1n) is 7.46. The fourth-order valence-electron chi connectivity index (χ4n) is 3.01. The van der Waals surface area contributed by atoms with E-state index in [0.717, 1.165) is 37.0 Å². The first kappa shape index (κ1) is 14.9. The molecule has 0 bridgehead atoms. The lowest BCUT2D eigenvalue weighted by Crippen LogP contribution is -2.52. The molecule has 0 heterocycles. The highest BCUT2D eigenvalue weighted by molar-refractivity contribution is 5.32. The maximum atomic E-state index is 9.56. The summed E-state index contributed by atoms with van der Waals surface area (Å²) in [4.78, 5) is 0. The van der Waals surface area contributed by atoms with Gasteiger partial charge in [-0.1, -0.05) is 18.2 Å². The molecule has 2 rings (SSSR count). The van der Waals surface area contributed by atoms with Gasteiger partial charge in [-0.2, -0.15) is 5.26 Å². The molecular weight excluding hydrogens is 248 g/mol. The van der Waals surface area contributed by atoms with Crippen LogP contribution in [-0.2, 0) is 0 Å². The number of nitriles is 1. The van der Waals surface area contributed by atoms with Crippen molar-refractivity contribution in [2.45, 2.75) is 64.1 Å². The third kappa shape index (κ3) is 3.52. The third-order valence-corrected chi connectivity index (χ3v) is 3.87. The minimum Gasteiger partial charge on any atom is -0.490 e. The quantitative estimate of drug-likeness (QED) is 0.911. The van der Waals surface area contributed by atoms with Crippen LogP contribution in [0.1, 0.15) is 45.1 Å². The molecule has 1 aliphatic carbocycles. The smallest absolute Gasteiger partial charge is 0.122 e. The number of ether oxygens (including phenoxy) is 1. The first-order chi connectivity index (χ1) is 9.54. The average Bonchev–Trinajstić information content (AvgIpc) is 2.41. The highest BCUT2D eigenvalue weighted by atomic mass is 16.5. The molecule has 3 nitrogen and oxygen atoms in total. The zero-order chi connectivity index (χ0) is 14.6. The number of para-hydroxylation sites is 1. The van der Waals surface area contributed by atoms with E-state index in [4.69, 9.17) is 4.74 Å². The molecular formula is C17H24N2O. The van der Waals surface area contributed by atoms with Crippen LogP contribution in [0.5, 0.6) is 5.75 Å². The summed E-state index contributed by atoms with van der Waals surface area (Å²) in [5.74, 6) is 0.941. The summed E-state index contributed by atoms with van der Waals surface area (Å²) < 4.78 is 6.13. The van der Waals surface area contributed by atoms with Crippen molar-refractivity contribution in [1.29, 1.82) is 5.26 Å². The highest BCUT2D eigenvalue weighted by Gasteiger charge is 2.37. The van der Waals surface area contributed by atoms with Gasteiger partial charge in [0.25, 0.3) is 0 Å². The molecule has 1 aromatic rings. The molecule has 0 radical (unpaired) electrons. The van der Waals surface area contributed by atoms with Gasteiger partial charge in [-0.3, -0.25) is 5.32 Å². The largest absolute Gasteiger partial charge is 0.490 e. The van der Waals surface area contributed by atoms with Crippen molar-refractivity contribution in [3.8, 4) is 11.8 Å². The Morgan fingerprint density at radius 1 is 1.40 bits per heavy atom. The number of nitrogens with zero attached hydrogens (tertiary/aromatic N) is 1. The summed E-state index contributed by atoms with van der Waals surface area (Å²) >= 11 is 0. The van der Waals surface area contributed by atoms with Crippen LogP contribution in [0.3, 0.4) is 0 Å². The fourth-order valence-corrected chi connectivity index (χ4v) is 3.01. The summed E-state index contributed by atoms with van der Waals surface area (Å²) in [6.07, 6.45) is 3.85. The van der Waals surface area contributed by atoms with Crippen molar-refractivity contribution >= 4 is 0 Å². The van der Waals surface area contributed by atoms with E-state index in [1.165, 1.54) is 0 Å². The van der Waals surface area contributed by atoms with Crippen LogP contribution in [0, 0.1) is 18.3 Å². The summed E-state index contributed by atoms with van der Waals surface area (Å²) in [6.45, 7) is 6.23. The van der Waals surface area contributed by atoms with E-state index >= 15 is 0 Å². The molecule has 1 aromatic carbocycles. The van der Waals surface area contributed by atoms with E-state index in [9.17, 15) is 5.26 Å². The normalized spacial score (nSPS) is 26.2. The highest BCUT2D eigenvalue weighted by Crippen LogP contribution is 2.32. The van der Waals surface area contributed by atoms with Crippen molar-refractivity contribution in [2.75, 3.05) is 0 Å². The van der Waals surface area contributed by atoms with Crippen LogP contribution >= 0.6 is 0 Å². The molecule has 1 saturated carbocycles. The maximum Gasteiger partial charge on any atom is 0.122 e. The minimum atomic E-state index is -0.431. The van der Waals surface area contributed by atoms with Crippen molar-refractivity contribution in [3.63, 3.8) is 0 Å². The van der Waals surface area contributed by atoms with Gasteiger partial charge in [0.15, 0.2) is 0 Å². The molecule has 0 amide bonds. The Balaban J connectivity index is 2.07. The number of aryl methyl sites for hydroxylation is 1. The molecule has 1 aliphatic rings. The molecule has 1 N–H and O–H groups in total. The average molecular weight is 272 g/mol. The molecule has 20 heavy (non-hydrogen) atoms. The standard InChI is InChI=1S/C17H24N2O/c1-13(2)19-17(12-18)10-6-8-15(11-17)20-16-9-5-4-7-14(16)3/h4-5,7,9,13,15,19H,6,8,10-11H2,1-3H3. The van der Waals surface area contributed by atoms with Gasteiger partial charge in [-0.15, -0.1) is 0 Å². The van der Waals surface area contributed by atoms with E-state index in [2.05, 4.69) is 38.2 Å². The third-order valence-electron chi connectivity index (χ3n) is 3.87. The summed E-state index contributed by atoms with van der Waals surface area (Å²) in [7, 11) is 0. The lowest BCUT2D eigenvalue weighted by molar-refractivity contribution is 0.108. The van der Waals surface area contributed by atoms with Crippen molar-refractivity contribution in [3.05, 3.63) is 29.8 Å². The molecule has 0 spiro atoms. The maximum absolute atomic E-state index is 9.56. The molecule has 1 fully saturated rings. The molecule has 0 aliphatic heterocycles. The van der Waals surface area contributed by atoms with Crippen LogP contribution in [-0.4, -0.2) is 17.7 Å². The number of nitrogens with one attached hydrogen (secondary N) is 1. The van der Waals surface area contributed by atoms with Gasteiger partial charge in [-0.05, 0) is 51.7 Å². The topological polar surface area (TPSA) is 45.0 Å². The minimum absolute atomic E-state index is 0.121. The van der Waals surface area contributed by atoms with Crippen molar-refractivity contribution in [1.82, 2.24) is 5.32 Å². The molecule has 3 heteroatoms. The predicted octanol–water partition coefficient (Wildman–Crippen LogP) is 3.58. The lowest BCUT2D eigenvalue weighted by atomic mass is 9.80. The SMILES string of the molecule is Cc1ccccc1OC1CCCC(C#N)(NC(C)C)C1. The Bertz CT molecular complexity index is 492. The van der Waals surface area contributed by atoms with E-state index in [1.807, 2.05) is 18.2 Å². The fraction of sp³-hybridized carbons (Fsp3) is 0.588. The van der Waals surface area contributed by atoms with Gasteiger partial charge in [0, 0.05) is 12.5 Å². The summed E-state index contributed by atoms with van der Waals surface area (Å²) in [5.41, 5.74) is 0.720. The molecule has 108 valence electrons. The van der Waals surface area contributed by atoms with Gasteiger partial charge >= 0.3 is 0 Å². The van der Waals surface area contributed by atoms with Crippen LogP contribution in [0.25, 0.3) is 0 Å². The number of hydrogen-bond acceptors (Lipinski definition) is 3. The molecule has 0 saturated heterocycles. The second-order valence-electron chi connectivity index (χ2n) is 6.09. The number of benzene rings is 1. The Labute approximate surface area is 121 Å². The zero-order valence-corrected chi connectivity index (χ0v) is 12.6. The van der Waals surface area contributed by atoms with E-state index in [0.29, 0.717) is 6.04 Å². The Kier molecular flexibility index (Phi) is 4.67. The molecule has 0 aromatic heterocycles. The second-order valence-corrected chi connectivity index (χ2v) is 6.09. The van der Waals surface area contributed by atoms with Crippen molar-refractivity contribution < 1.29 is 4.74 Å². The molecule has 2 atom stereocenters. The van der Waals surface area contributed by atoms with Gasteiger partial charge in [0.1, 0.15) is 17.4 Å². The zero-order valence-electron chi connectivity index (χ0n) is 12.6. The van der Waals surface area contributed by atoms with Crippen LogP contribution < -0.4 is 10.1 Å². The van der Waals surface area contributed by atoms with Gasteiger partial charge < -0.3 is 4.74 Å². The lowest BCUT2D eigenvalue weighted by Gasteiger charge is -2.38. The number of hydrogen-bond donors (Lipinski definition) is 1. The summed E-state index contributed by atoms with van der Waals surface area (Å²) in [6, 6.07) is 10.9. The van der Waals surface area contributed by atoms with Gasteiger partial charge in [0.2, 0.25) is 0 Å². The monoisotopic (exact) mass is 272 g/mol. The number of rotatable bonds is 4. The molecule has 2 unspecified atom stereocenters. The predicted molar refractivity (Wildman–Crippen MR) is 80.7 cm³/mol. The summed E-state index contributed by atoms with van der Waals surface area (Å²) in [5, 5.41) is 13.0. The van der Waals surface area contributed by atoms with Crippen LogP contribution in [0.15, 0.2) is 24.3 Å². The Hall–Kier alpha value is -1.53. The van der Waals surface area contributed by atoms with Gasteiger partial charge in [0.05, 0.1) is 6.07 Å². The van der Waals surface area contributed by atoms with Gasteiger partial charge in [-0.25, -0.2) is 0 Å². The van der Waals surface area contributed by atoms with E-state index in [-0.39, 0.29) is 6.10 Å². The van der Waals surface area contributed by atoms with Crippen LogP contribution in [0.4, 0.5) is 0 Å². The Morgan fingerprint density at radius 2 is 2.15 bits per heavy atom. The Morgan fingerprint density at radius 3 is 2.80 bits per heavy atom.